The van der Waals surface area contributed by atoms with Gasteiger partial charge < -0.3 is 10.5 Å². The third kappa shape index (κ3) is 3.24. The number of hydrogen-bond acceptors (Lipinski definition) is 6. The van der Waals surface area contributed by atoms with Crippen LogP contribution in [0.3, 0.4) is 0 Å². The number of fused-ring (bicyclic) bond motifs is 1. The van der Waals surface area contributed by atoms with E-state index in [0.29, 0.717) is 16.7 Å². The van der Waals surface area contributed by atoms with Crippen LogP contribution in [0.2, 0.25) is 5.02 Å². The van der Waals surface area contributed by atoms with Gasteiger partial charge >= 0.3 is 0 Å². The van der Waals surface area contributed by atoms with Crippen molar-refractivity contribution in [3.8, 4) is 16.9 Å². The maximum atomic E-state index is 6.39. The number of rotatable bonds is 4. The lowest BCUT2D eigenvalue weighted by atomic mass is 9.81. The molecule has 2 aliphatic heterocycles. The van der Waals surface area contributed by atoms with Crippen molar-refractivity contribution in [1.29, 1.82) is 0 Å². The molecule has 0 aliphatic carbocycles. The number of amidine groups is 1. The van der Waals surface area contributed by atoms with E-state index in [1.54, 1.807) is 25.6 Å². The summed E-state index contributed by atoms with van der Waals surface area (Å²) in [4.78, 5) is 16.1. The van der Waals surface area contributed by atoms with Crippen LogP contribution in [-0.4, -0.2) is 41.9 Å². The van der Waals surface area contributed by atoms with Crippen LogP contribution in [0.25, 0.3) is 11.1 Å². The number of benzene rings is 2. The van der Waals surface area contributed by atoms with Crippen LogP contribution in [0.15, 0.2) is 77.0 Å². The zero-order valence-corrected chi connectivity index (χ0v) is 17.9. The second-order valence-electron chi connectivity index (χ2n) is 7.59. The predicted octanol–water partition coefficient (Wildman–Crippen LogP) is 4.09. The molecule has 1 unspecified atom stereocenters. The first kappa shape index (κ1) is 19.6. The fourth-order valence-electron chi connectivity index (χ4n) is 4.34. The van der Waals surface area contributed by atoms with Crippen molar-refractivity contribution < 1.29 is 4.74 Å². The van der Waals surface area contributed by atoms with Gasteiger partial charge in [0.1, 0.15) is 11.6 Å². The number of hydrogen-bond donors (Lipinski definition) is 1. The number of ether oxygens (including phenoxy) is 1. The fourth-order valence-corrected chi connectivity index (χ4v) is 4.56. The Bertz CT molecular complexity index is 1190. The number of halogens is 1. The molecule has 2 N–H and O–H groups in total. The van der Waals surface area contributed by atoms with Crippen molar-refractivity contribution >= 4 is 23.4 Å². The van der Waals surface area contributed by atoms with Gasteiger partial charge in [0.2, 0.25) is 0 Å². The number of nitrogens with zero attached hydrogens (tertiary/aromatic N) is 4. The van der Waals surface area contributed by atoms with Crippen molar-refractivity contribution in [1.82, 2.24) is 9.88 Å². The fraction of sp³-hybridized carbons (Fsp3) is 0.208. The summed E-state index contributed by atoms with van der Waals surface area (Å²) in [6.45, 7) is 1.57. The number of pyridine rings is 1. The van der Waals surface area contributed by atoms with Gasteiger partial charge in [0.05, 0.1) is 7.11 Å². The number of nitrogens with two attached hydrogens (primary N) is 1. The third-order valence-corrected chi connectivity index (χ3v) is 5.98. The van der Waals surface area contributed by atoms with E-state index in [4.69, 9.17) is 32.1 Å². The average molecular weight is 432 g/mol. The number of methoxy groups -OCH3 is 1. The molecule has 0 saturated heterocycles. The molecular weight excluding hydrogens is 410 g/mol. The monoisotopic (exact) mass is 431 g/mol. The molecule has 0 saturated carbocycles. The maximum absolute atomic E-state index is 6.39. The topological polar surface area (TPSA) is 76.1 Å². The van der Waals surface area contributed by atoms with Gasteiger partial charge in [0, 0.05) is 30.5 Å². The Hall–Kier alpha value is -3.38. The summed E-state index contributed by atoms with van der Waals surface area (Å²) in [5.74, 6) is 2.07. The van der Waals surface area contributed by atoms with Crippen LogP contribution in [0, 0.1) is 0 Å². The average Bonchev–Trinajstić information content (AvgIpc) is 3.13. The number of aliphatic imine (C=N–C) groups is 2. The molecule has 0 spiro atoms. The molecule has 0 amide bonds. The Labute approximate surface area is 186 Å². The molecule has 2 aliphatic rings. The van der Waals surface area contributed by atoms with Crippen molar-refractivity contribution in [2.75, 3.05) is 20.2 Å². The molecule has 2 aromatic carbocycles. The second-order valence-corrected chi connectivity index (χ2v) is 8.02. The summed E-state index contributed by atoms with van der Waals surface area (Å²) in [5, 5.41) is 0.620. The van der Waals surface area contributed by atoms with Gasteiger partial charge in [0.25, 0.3) is 0 Å². The Kier molecular flexibility index (Phi) is 4.87. The van der Waals surface area contributed by atoms with Crippen LogP contribution in [0.4, 0.5) is 0 Å². The van der Waals surface area contributed by atoms with Gasteiger partial charge in [-0.1, -0.05) is 29.8 Å². The molecule has 6 nitrogen and oxygen atoms in total. The summed E-state index contributed by atoms with van der Waals surface area (Å²) >= 11 is 6.33. The number of aromatic nitrogens is 1. The van der Waals surface area contributed by atoms with Crippen LogP contribution in [0.1, 0.15) is 17.5 Å². The molecule has 31 heavy (non-hydrogen) atoms. The van der Waals surface area contributed by atoms with Crippen LogP contribution < -0.4 is 10.5 Å². The first-order valence-corrected chi connectivity index (χ1v) is 10.5. The Morgan fingerprint density at radius 1 is 1.03 bits per heavy atom. The Balaban J connectivity index is 1.72. The first-order chi connectivity index (χ1) is 15.1. The van der Waals surface area contributed by atoms with E-state index in [1.807, 2.05) is 35.2 Å². The minimum atomic E-state index is -0.813. The first-order valence-electron chi connectivity index (χ1n) is 10.2. The molecule has 3 heterocycles. The lowest BCUT2D eigenvalue weighted by Crippen LogP contribution is -2.46. The summed E-state index contributed by atoms with van der Waals surface area (Å²) in [6, 6.07) is 17.9. The smallest absolute Gasteiger partial charge is 0.198 e. The molecule has 1 aromatic heterocycles. The van der Waals surface area contributed by atoms with Crippen molar-refractivity contribution in [2.24, 2.45) is 15.7 Å². The highest BCUT2D eigenvalue weighted by molar-refractivity contribution is 6.31. The van der Waals surface area contributed by atoms with E-state index >= 15 is 0 Å². The zero-order chi connectivity index (χ0) is 21.4. The Morgan fingerprint density at radius 2 is 1.87 bits per heavy atom. The SMILES string of the molecule is COc1cc(Cl)cc(-c2cccc(C3(c4ccncc4)N=C(N)N4CCCN=C43)c2)c1. The van der Waals surface area contributed by atoms with E-state index < -0.39 is 5.54 Å². The summed E-state index contributed by atoms with van der Waals surface area (Å²) < 4.78 is 5.41. The van der Waals surface area contributed by atoms with E-state index in [9.17, 15) is 0 Å². The minimum Gasteiger partial charge on any atom is -0.497 e. The quantitative estimate of drug-likeness (QED) is 0.675. The van der Waals surface area contributed by atoms with Gasteiger partial charge in [-0.2, -0.15) is 0 Å². The molecule has 156 valence electrons. The predicted molar refractivity (Wildman–Crippen MR) is 124 cm³/mol. The zero-order valence-electron chi connectivity index (χ0n) is 17.1. The van der Waals surface area contributed by atoms with Crippen molar-refractivity contribution in [3.05, 3.63) is 83.1 Å². The standard InChI is InChI=1S/C24H22ClN5O/c1-31-21-14-17(13-20(25)15-21)16-4-2-5-19(12-16)24(18-6-9-27-10-7-18)22-28-8-3-11-30(22)23(26)29-24/h2,4-7,9-10,12-15H,3,8,11H2,1H3,(H2,26,29). The second kappa shape index (κ2) is 7.71. The van der Waals surface area contributed by atoms with Gasteiger partial charge in [0.15, 0.2) is 11.5 Å². The summed E-state index contributed by atoms with van der Waals surface area (Å²) in [6.07, 6.45) is 4.51. The molecule has 0 fully saturated rings. The van der Waals surface area contributed by atoms with Gasteiger partial charge in [-0.05, 0) is 65.1 Å². The number of guanidine groups is 1. The van der Waals surface area contributed by atoms with E-state index in [2.05, 4.69) is 23.2 Å². The molecule has 5 rings (SSSR count). The molecule has 7 heteroatoms. The van der Waals surface area contributed by atoms with Gasteiger partial charge in [-0.3, -0.25) is 14.9 Å². The molecular formula is C24H22ClN5O. The molecule has 0 radical (unpaired) electrons. The van der Waals surface area contributed by atoms with E-state index in [1.165, 1.54) is 0 Å². The lowest BCUT2D eigenvalue weighted by Gasteiger charge is -2.33. The normalized spacial score (nSPS) is 20.1. The molecule has 3 aromatic rings. The molecule has 0 bridgehead atoms. The van der Waals surface area contributed by atoms with Gasteiger partial charge in [-0.25, -0.2) is 4.99 Å². The highest BCUT2D eigenvalue weighted by Crippen LogP contribution is 2.42. The van der Waals surface area contributed by atoms with Crippen LogP contribution >= 0.6 is 11.6 Å². The Morgan fingerprint density at radius 3 is 2.68 bits per heavy atom. The lowest BCUT2D eigenvalue weighted by molar-refractivity contribution is 0.415. The summed E-state index contributed by atoms with van der Waals surface area (Å²) in [7, 11) is 1.64. The molecule has 1 atom stereocenters. The highest BCUT2D eigenvalue weighted by atomic mass is 35.5. The largest absolute Gasteiger partial charge is 0.497 e. The van der Waals surface area contributed by atoms with Crippen molar-refractivity contribution in [3.63, 3.8) is 0 Å². The van der Waals surface area contributed by atoms with Crippen LogP contribution in [0.5, 0.6) is 5.75 Å². The van der Waals surface area contributed by atoms with Gasteiger partial charge in [-0.15, -0.1) is 0 Å². The minimum absolute atomic E-state index is 0.491. The van der Waals surface area contributed by atoms with E-state index in [-0.39, 0.29) is 0 Å². The van der Waals surface area contributed by atoms with E-state index in [0.717, 1.165) is 47.6 Å². The highest BCUT2D eigenvalue weighted by Gasteiger charge is 2.49. The van der Waals surface area contributed by atoms with Crippen molar-refractivity contribution in [2.45, 2.75) is 12.0 Å². The third-order valence-electron chi connectivity index (χ3n) is 5.76. The summed E-state index contributed by atoms with van der Waals surface area (Å²) in [5.41, 5.74) is 9.52. The maximum Gasteiger partial charge on any atom is 0.198 e. The van der Waals surface area contributed by atoms with Crippen LogP contribution in [-0.2, 0) is 5.54 Å².